The van der Waals surface area contributed by atoms with Gasteiger partial charge in [0.1, 0.15) is 0 Å². The molecule has 0 rings (SSSR count). The monoisotopic (exact) mass is 176 g/mol. The molecule has 1 unspecified atom stereocenters. The second-order valence-electron chi connectivity index (χ2n) is 4.45. The predicted molar refractivity (Wildman–Crippen MR) is 49.6 cm³/mol. The minimum absolute atomic E-state index is 0.0300. The van der Waals surface area contributed by atoms with Gasteiger partial charge in [0.2, 0.25) is 0 Å². The highest BCUT2D eigenvalue weighted by Crippen LogP contribution is 2.38. The third kappa shape index (κ3) is 3.06. The van der Waals surface area contributed by atoms with E-state index in [9.17, 15) is 4.79 Å². The van der Waals surface area contributed by atoms with Crippen LogP contribution in [0.2, 0.25) is 24.2 Å². The van der Waals surface area contributed by atoms with Crippen molar-refractivity contribution in [3.63, 3.8) is 0 Å². The zero-order chi connectivity index (χ0) is 10.2. The molecular weight excluding hydrogens is 156 g/mol. The molecule has 66 valence electrons. The van der Waals surface area contributed by atoms with Gasteiger partial charge in [-0.2, -0.15) is 0 Å². The van der Waals surface area contributed by atoms with Gasteiger partial charge in [0, 0.05) is 7.39 Å². The molecule has 0 bridgehead atoms. The lowest BCUT2D eigenvalue weighted by molar-refractivity contribution is -0.134. The van der Waals surface area contributed by atoms with Gasteiger partial charge in [0.05, 0.1) is 8.07 Å². The van der Waals surface area contributed by atoms with E-state index in [0.29, 0.717) is 0 Å². The van der Waals surface area contributed by atoms with E-state index in [0.717, 1.165) is 0 Å². The molecule has 0 radical (unpaired) electrons. The van der Waals surface area contributed by atoms with Gasteiger partial charge in [-0.1, -0.05) is 33.9 Å². The number of hydrogen-bond donors (Lipinski definition) is 1. The van der Waals surface area contributed by atoms with Gasteiger partial charge < -0.3 is 5.11 Å². The molecule has 0 aromatic rings. The van der Waals surface area contributed by atoms with E-state index in [4.69, 9.17) is 6.48 Å². The topological polar surface area (TPSA) is 37.3 Å². The molecule has 11 heavy (non-hydrogen) atoms. The van der Waals surface area contributed by atoms with Crippen LogP contribution in [0.1, 0.15) is 22.1 Å². The van der Waals surface area contributed by atoms with E-state index in [2.05, 4.69) is 0 Å². The Hall–Kier alpha value is -0.313. The maximum atomic E-state index is 10.6. The van der Waals surface area contributed by atoms with Crippen molar-refractivity contribution >= 4 is 14.0 Å². The summed E-state index contributed by atoms with van der Waals surface area (Å²) in [6, 6.07) is -0.919. The molecule has 3 heteroatoms. The first-order valence-corrected chi connectivity index (χ1v) is 6.83. The molecule has 0 aliphatic carbocycles. The Balaban J connectivity index is 4.73. The lowest BCUT2D eigenvalue weighted by Crippen LogP contribution is -2.38. The van der Waals surface area contributed by atoms with Gasteiger partial charge in [0.15, 0.2) is 0 Å². The molecule has 0 aromatic heterocycles. The molecule has 0 spiro atoms. The zero-order valence-corrected chi connectivity index (χ0v) is 8.93. The van der Waals surface area contributed by atoms with Crippen molar-refractivity contribution in [2.75, 3.05) is 0 Å². The summed E-state index contributed by atoms with van der Waals surface area (Å²) in [4.78, 5) is 10.6. The largest absolute Gasteiger partial charge is 0.481 e. The van der Waals surface area contributed by atoms with Crippen LogP contribution in [-0.2, 0) is 4.79 Å². The van der Waals surface area contributed by atoms with E-state index in [-0.39, 0.29) is 5.04 Å². The van der Waals surface area contributed by atoms with Crippen LogP contribution in [0.4, 0.5) is 0 Å². The van der Waals surface area contributed by atoms with E-state index in [1.807, 2.05) is 33.9 Å². The minimum atomic E-state index is -2.00. The van der Waals surface area contributed by atoms with E-state index in [1.54, 1.807) is 0 Å². The fraction of sp³-hybridized carbons (Fsp3) is 0.875. The Bertz CT molecular complexity index is 184. The number of aliphatic carboxylic acids is 1. The number of rotatable bonds is 2. The van der Waals surface area contributed by atoms with Crippen LogP contribution in [0.15, 0.2) is 0 Å². The molecule has 0 amide bonds. The average Bonchev–Trinajstić information content (AvgIpc) is 1.83. The maximum absolute atomic E-state index is 10.6. The fourth-order valence-electron chi connectivity index (χ4n) is 0.525. The third-order valence-corrected chi connectivity index (χ3v) is 7.25. The van der Waals surface area contributed by atoms with Crippen molar-refractivity contribution in [1.82, 2.24) is 0 Å². The van der Waals surface area contributed by atoms with Crippen LogP contribution >= 0.6 is 0 Å². The summed E-state index contributed by atoms with van der Waals surface area (Å²) >= 11 is 0. The second-order valence-corrected chi connectivity index (χ2v) is 9.69. The van der Waals surface area contributed by atoms with Crippen molar-refractivity contribution in [3.8, 4) is 0 Å². The van der Waals surface area contributed by atoms with Crippen molar-refractivity contribution in [3.05, 3.63) is 0 Å². The van der Waals surface area contributed by atoms with Gasteiger partial charge >= 0.3 is 5.97 Å². The lowest BCUT2D eigenvalue weighted by Gasteiger charge is -2.35. The zero-order valence-electron chi connectivity index (χ0n) is 8.93. The van der Waals surface area contributed by atoms with Crippen LogP contribution in [0.3, 0.4) is 0 Å². The SMILES string of the molecule is [3H]C(C(=O)O)[Si](C)(C)C(C)(C)C. The molecule has 0 saturated heterocycles. The van der Waals surface area contributed by atoms with Crippen molar-refractivity contribution in [2.45, 2.75) is 44.9 Å². The molecule has 0 aliphatic heterocycles. The van der Waals surface area contributed by atoms with Gasteiger partial charge in [-0.3, -0.25) is 4.79 Å². The van der Waals surface area contributed by atoms with Crippen molar-refractivity contribution in [2.24, 2.45) is 0 Å². The predicted octanol–water partition coefficient (Wildman–Crippen LogP) is 2.58. The molecule has 2 nitrogen and oxygen atoms in total. The smallest absolute Gasteiger partial charge is 0.300 e. The standard InChI is InChI=1S/C8H18O2Si/c1-8(2,3)11(4,5)6-7(9)10/h6H2,1-5H3,(H,9,10)/i6T. The highest BCUT2D eigenvalue weighted by atomic mass is 28.3. The lowest BCUT2D eigenvalue weighted by atomic mass is 10.2. The first-order valence-electron chi connectivity index (χ1n) is 4.33. The minimum Gasteiger partial charge on any atom is -0.481 e. The Kier molecular flexibility index (Phi) is 2.37. The molecule has 0 saturated carbocycles. The van der Waals surface area contributed by atoms with Crippen molar-refractivity contribution in [1.29, 1.82) is 0 Å². The fourth-order valence-corrected chi connectivity index (χ4v) is 1.58. The summed E-state index contributed by atoms with van der Waals surface area (Å²) in [6.45, 7) is 9.97. The Labute approximate surface area is 71.0 Å². The summed E-state index contributed by atoms with van der Waals surface area (Å²) in [6.07, 6.45) is 0. The molecule has 1 N–H and O–H groups in total. The summed E-state index contributed by atoms with van der Waals surface area (Å²) in [5.74, 6) is -0.985. The Morgan fingerprint density at radius 3 is 2.00 bits per heavy atom. The molecule has 1 atom stereocenters. The van der Waals surface area contributed by atoms with E-state index in [1.165, 1.54) is 0 Å². The Morgan fingerprint density at radius 2 is 1.91 bits per heavy atom. The first-order chi connectivity index (χ1) is 5.10. The van der Waals surface area contributed by atoms with Gasteiger partial charge in [-0.15, -0.1) is 0 Å². The Morgan fingerprint density at radius 1 is 1.55 bits per heavy atom. The maximum Gasteiger partial charge on any atom is 0.300 e. The summed E-state index contributed by atoms with van der Waals surface area (Å²) < 4.78 is 7.55. The quantitative estimate of drug-likeness (QED) is 0.657. The van der Waals surface area contributed by atoms with Crippen molar-refractivity contribution < 1.29 is 11.3 Å². The number of carbonyl (C=O) groups is 1. The average molecular weight is 176 g/mol. The normalized spacial score (nSPS) is 17.4. The van der Waals surface area contributed by atoms with Gasteiger partial charge in [-0.05, 0) is 5.04 Å². The first kappa shape index (κ1) is 8.78. The van der Waals surface area contributed by atoms with Crippen LogP contribution in [-0.4, -0.2) is 19.1 Å². The van der Waals surface area contributed by atoms with E-state index < -0.39 is 20.1 Å². The number of carboxylic acids is 1. The van der Waals surface area contributed by atoms with Gasteiger partial charge in [0.25, 0.3) is 0 Å². The van der Waals surface area contributed by atoms with Crippen LogP contribution < -0.4 is 0 Å². The third-order valence-electron chi connectivity index (χ3n) is 2.42. The molecular formula is C8H18O2Si. The van der Waals surface area contributed by atoms with Crippen LogP contribution in [0.25, 0.3) is 0 Å². The van der Waals surface area contributed by atoms with E-state index >= 15 is 0 Å². The molecule has 0 fully saturated rings. The second kappa shape index (κ2) is 2.97. The number of hydrogen-bond acceptors (Lipinski definition) is 1. The highest BCUT2D eigenvalue weighted by Gasteiger charge is 2.36. The summed E-state index contributed by atoms with van der Waals surface area (Å²) in [5.41, 5.74) is 0. The van der Waals surface area contributed by atoms with Gasteiger partial charge in [-0.25, -0.2) is 0 Å². The highest BCUT2D eigenvalue weighted by molar-refractivity contribution is 6.82. The molecule has 0 aliphatic rings. The molecule has 0 aromatic carbocycles. The van der Waals surface area contributed by atoms with Crippen LogP contribution in [0.5, 0.6) is 0 Å². The molecule has 0 heterocycles. The van der Waals surface area contributed by atoms with Crippen LogP contribution in [0, 0.1) is 0 Å². The number of carboxylic acid groups (broad SMARTS) is 1. The summed E-state index contributed by atoms with van der Waals surface area (Å²) in [5, 5.41) is 8.70. The summed E-state index contributed by atoms with van der Waals surface area (Å²) in [7, 11) is -2.00.